The van der Waals surface area contributed by atoms with Crippen LogP contribution in [0.4, 0.5) is 0 Å². The molecule has 1 heterocycles. The van der Waals surface area contributed by atoms with Crippen molar-refractivity contribution in [2.75, 3.05) is 0 Å². The van der Waals surface area contributed by atoms with Crippen molar-refractivity contribution < 1.29 is 0 Å². The van der Waals surface area contributed by atoms with Gasteiger partial charge in [0.2, 0.25) is 0 Å². The quantitative estimate of drug-likeness (QED) is 0.470. The number of hydrogen-bond acceptors (Lipinski definition) is 0. The molecule has 0 fully saturated rings. The third-order valence-corrected chi connectivity index (χ3v) is 0.455. The molecule has 0 bridgehead atoms. The molecule has 0 amide bonds. The number of rotatable bonds is 0. The number of hydrogen-bond donors (Lipinski definition) is 0. The van der Waals surface area contributed by atoms with E-state index in [1.165, 1.54) is 0 Å². The molecule has 78 valence electrons. The van der Waals surface area contributed by atoms with Crippen molar-refractivity contribution in [3.63, 3.8) is 0 Å². The minimum Gasteiger partial charge on any atom is -0.670 e. The fourth-order valence-electron chi connectivity index (χ4n) is 0.248. The first-order valence-corrected chi connectivity index (χ1v) is 4.64. The normalized spacial score (nSPS) is 8.00. The SMILES string of the molecule is [Al+3].[CH2-]C(C)C.[CH2-]C(C)C.c1cc[n-]c1. The number of nitrogens with zero attached hydrogens (tertiary/aromatic N) is 1. The van der Waals surface area contributed by atoms with Crippen LogP contribution in [0, 0.1) is 25.7 Å². The van der Waals surface area contributed by atoms with Gasteiger partial charge in [-0.3, -0.25) is 0 Å². The Labute approximate surface area is 100 Å². The van der Waals surface area contributed by atoms with Gasteiger partial charge in [-0.2, -0.15) is 24.2 Å². The zero-order valence-electron chi connectivity index (χ0n) is 9.90. The predicted molar refractivity (Wildman–Crippen MR) is 65.9 cm³/mol. The van der Waals surface area contributed by atoms with Crippen LogP contribution in [0.15, 0.2) is 24.5 Å². The summed E-state index contributed by atoms with van der Waals surface area (Å²) in [6.07, 6.45) is 3.50. The maximum atomic E-state index is 3.72. The Bertz CT molecular complexity index is 117. The van der Waals surface area contributed by atoms with E-state index in [0.717, 1.165) is 0 Å². The maximum Gasteiger partial charge on any atom is 3.00 e. The van der Waals surface area contributed by atoms with Crippen LogP contribution in [0.1, 0.15) is 27.7 Å². The third kappa shape index (κ3) is 59.6. The van der Waals surface area contributed by atoms with Gasteiger partial charge in [-0.05, 0) is 0 Å². The van der Waals surface area contributed by atoms with Crippen LogP contribution in [0.5, 0.6) is 0 Å². The van der Waals surface area contributed by atoms with Gasteiger partial charge in [0.05, 0.1) is 0 Å². The van der Waals surface area contributed by atoms with Gasteiger partial charge in [0.1, 0.15) is 0 Å². The van der Waals surface area contributed by atoms with Gasteiger partial charge in [-0.15, -0.1) is 0 Å². The van der Waals surface area contributed by atoms with Crippen molar-refractivity contribution in [1.29, 1.82) is 0 Å². The molecule has 0 saturated carbocycles. The summed E-state index contributed by atoms with van der Waals surface area (Å²) in [5.74, 6) is 1.17. The molecule has 1 nitrogen and oxygen atoms in total. The Kier molecular flexibility index (Phi) is 21.2. The fourth-order valence-corrected chi connectivity index (χ4v) is 0.248. The van der Waals surface area contributed by atoms with Crippen molar-refractivity contribution >= 4 is 17.4 Å². The van der Waals surface area contributed by atoms with Gasteiger partial charge in [0.15, 0.2) is 0 Å². The Morgan fingerprint density at radius 1 is 0.857 bits per heavy atom. The minimum absolute atomic E-state index is 0. The van der Waals surface area contributed by atoms with Crippen molar-refractivity contribution in [3.8, 4) is 0 Å². The summed E-state index contributed by atoms with van der Waals surface area (Å²) in [6, 6.07) is 3.78. The maximum absolute atomic E-state index is 3.72. The van der Waals surface area contributed by atoms with E-state index >= 15 is 0 Å². The van der Waals surface area contributed by atoms with Gasteiger partial charge in [-0.25, -0.2) is 0 Å². The molecular formula is C12H22AlN. The van der Waals surface area contributed by atoms with E-state index in [1.54, 1.807) is 12.4 Å². The zero-order chi connectivity index (χ0) is 10.7. The molecule has 0 unspecified atom stereocenters. The Morgan fingerprint density at radius 3 is 1.14 bits per heavy atom. The second-order valence-corrected chi connectivity index (χ2v) is 3.62. The summed E-state index contributed by atoms with van der Waals surface area (Å²) in [5, 5.41) is 0. The fraction of sp³-hybridized carbons (Fsp3) is 0.500. The van der Waals surface area contributed by atoms with Crippen molar-refractivity contribution in [2.45, 2.75) is 27.7 Å². The van der Waals surface area contributed by atoms with E-state index < -0.39 is 0 Å². The van der Waals surface area contributed by atoms with Crippen LogP contribution in [0.3, 0.4) is 0 Å². The Morgan fingerprint density at radius 2 is 1.07 bits per heavy atom. The Hall–Kier alpha value is -0.188. The third-order valence-electron chi connectivity index (χ3n) is 0.455. The largest absolute Gasteiger partial charge is 3.00 e. The predicted octanol–water partition coefficient (Wildman–Crippen LogP) is 3.22. The van der Waals surface area contributed by atoms with E-state index in [4.69, 9.17) is 0 Å². The standard InChI is InChI=1S/C4H4N.2C4H9.Al/c1-2-4-5-3-1;2*1-4(2)3;/h1-4H;2*4H,1H2,2-3H3;/q3*-1;+3. The molecule has 0 N–H and O–H groups in total. The van der Waals surface area contributed by atoms with Crippen molar-refractivity contribution in [3.05, 3.63) is 38.4 Å². The molecule has 0 saturated heterocycles. The molecule has 0 aliphatic heterocycles. The molecule has 1 rings (SSSR count). The van der Waals surface area contributed by atoms with Gasteiger partial charge in [-0.1, -0.05) is 39.8 Å². The first-order valence-electron chi connectivity index (χ1n) is 4.64. The molecule has 2 heteroatoms. The molecule has 1 aromatic rings. The van der Waals surface area contributed by atoms with Crippen molar-refractivity contribution in [2.24, 2.45) is 11.8 Å². The molecule has 0 aliphatic carbocycles. The van der Waals surface area contributed by atoms with E-state index in [0.29, 0.717) is 11.8 Å². The first kappa shape index (κ1) is 19.4. The van der Waals surface area contributed by atoms with E-state index in [2.05, 4.69) is 46.5 Å². The Balaban J connectivity index is -0.000000127. The molecule has 0 spiro atoms. The second kappa shape index (κ2) is 15.3. The first-order chi connectivity index (χ1) is 5.96. The summed E-state index contributed by atoms with van der Waals surface area (Å²) >= 11 is 0. The molecule has 0 radical (unpaired) electrons. The van der Waals surface area contributed by atoms with Gasteiger partial charge >= 0.3 is 17.4 Å². The summed E-state index contributed by atoms with van der Waals surface area (Å²) in [5.41, 5.74) is 0. The van der Waals surface area contributed by atoms with Gasteiger partial charge in [0.25, 0.3) is 0 Å². The van der Waals surface area contributed by atoms with Crippen LogP contribution in [0.2, 0.25) is 0 Å². The van der Waals surface area contributed by atoms with Crippen LogP contribution in [-0.2, 0) is 0 Å². The van der Waals surface area contributed by atoms with Crippen LogP contribution in [0.25, 0.3) is 0 Å². The molecular weight excluding hydrogens is 185 g/mol. The molecule has 0 atom stereocenters. The van der Waals surface area contributed by atoms with E-state index in [-0.39, 0.29) is 17.4 Å². The summed E-state index contributed by atoms with van der Waals surface area (Å²) in [6.45, 7) is 15.5. The second-order valence-electron chi connectivity index (χ2n) is 3.62. The van der Waals surface area contributed by atoms with Crippen molar-refractivity contribution in [1.82, 2.24) is 4.98 Å². The van der Waals surface area contributed by atoms with Gasteiger partial charge < -0.3 is 18.8 Å². The number of aromatic nitrogens is 1. The van der Waals surface area contributed by atoms with E-state index in [9.17, 15) is 0 Å². The van der Waals surface area contributed by atoms with Crippen LogP contribution < -0.4 is 4.98 Å². The van der Waals surface area contributed by atoms with Crippen LogP contribution in [-0.4, -0.2) is 17.4 Å². The molecule has 0 aliphatic rings. The average Bonchev–Trinajstić information content (AvgIpc) is 2.35. The van der Waals surface area contributed by atoms with Crippen LogP contribution >= 0.6 is 0 Å². The molecule has 14 heavy (non-hydrogen) atoms. The summed E-state index contributed by atoms with van der Waals surface area (Å²) < 4.78 is 0. The topological polar surface area (TPSA) is 14.1 Å². The smallest absolute Gasteiger partial charge is 0.670 e. The van der Waals surface area contributed by atoms with Gasteiger partial charge in [0, 0.05) is 0 Å². The average molecular weight is 207 g/mol. The molecule has 1 aromatic heterocycles. The zero-order valence-corrected chi connectivity index (χ0v) is 11.1. The molecule has 0 aromatic carbocycles. The summed E-state index contributed by atoms with van der Waals surface area (Å²) in [4.78, 5) is 3.72. The summed E-state index contributed by atoms with van der Waals surface area (Å²) in [7, 11) is 0. The monoisotopic (exact) mass is 207 g/mol. The van der Waals surface area contributed by atoms with E-state index in [1.807, 2.05) is 12.1 Å². The minimum atomic E-state index is 0.